The summed E-state index contributed by atoms with van der Waals surface area (Å²) in [5.41, 5.74) is 3.74. The Morgan fingerprint density at radius 2 is 1.88 bits per heavy atom. The largest absolute Gasteiger partial charge is 0.469 e. The molecule has 0 spiro atoms. The first kappa shape index (κ1) is 15.4. The van der Waals surface area contributed by atoms with Gasteiger partial charge in [0, 0.05) is 34.8 Å². The third-order valence-corrected chi connectivity index (χ3v) is 4.76. The molecule has 0 saturated carbocycles. The van der Waals surface area contributed by atoms with Crippen molar-refractivity contribution in [3.63, 3.8) is 0 Å². The molecule has 0 aliphatic carbocycles. The first-order valence-corrected chi connectivity index (χ1v) is 8.23. The van der Waals surface area contributed by atoms with Gasteiger partial charge in [0.25, 0.3) is 5.91 Å². The van der Waals surface area contributed by atoms with Crippen LogP contribution in [0.3, 0.4) is 0 Å². The lowest BCUT2D eigenvalue weighted by atomic mass is 9.97. The van der Waals surface area contributed by atoms with Crippen molar-refractivity contribution in [2.45, 2.75) is 12.5 Å². The fourth-order valence-corrected chi connectivity index (χ4v) is 3.57. The van der Waals surface area contributed by atoms with Gasteiger partial charge in [-0.15, -0.1) is 0 Å². The first-order valence-electron chi connectivity index (χ1n) is 8.23. The molecule has 1 atom stereocenters. The second kappa shape index (κ2) is 6.09. The molecule has 25 heavy (non-hydrogen) atoms. The van der Waals surface area contributed by atoms with Crippen LogP contribution in [0.4, 0.5) is 0 Å². The normalized spacial score (nSPS) is 16.3. The molecule has 1 N–H and O–H groups in total. The molecule has 2 aromatic carbocycles. The zero-order valence-corrected chi connectivity index (χ0v) is 13.9. The van der Waals surface area contributed by atoms with Crippen molar-refractivity contribution in [3.8, 4) is 0 Å². The number of nitrogens with one attached hydrogen (secondary N) is 1. The fourth-order valence-electron chi connectivity index (χ4n) is 3.57. The highest BCUT2D eigenvalue weighted by molar-refractivity contribution is 6.01. The quantitative estimate of drug-likeness (QED) is 0.745. The average molecular weight is 334 g/mol. The van der Waals surface area contributed by atoms with E-state index in [1.807, 2.05) is 54.7 Å². The molecule has 0 bridgehead atoms. The lowest BCUT2D eigenvalue weighted by molar-refractivity contribution is -0.140. The van der Waals surface area contributed by atoms with E-state index in [0.29, 0.717) is 12.1 Å². The number of aromatic amines is 1. The number of benzene rings is 2. The minimum Gasteiger partial charge on any atom is -0.469 e. The molecule has 0 saturated heterocycles. The van der Waals surface area contributed by atoms with Crippen LogP contribution in [0.5, 0.6) is 0 Å². The third-order valence-electron chi connectivity index (χ3n) is 4.76. The Labute approximate surface area is 145 Å². The highest BCUT2D eigenvalue weighted by Gasteiger charge is 2.38. The van der Waals surface area contributed by atoms with Gasteiger partial charge in [0.05, 0.1) is 19.6 Å². The van der Waals surface area contributed by atoms with Gasteiger partial charge in [-0.2, -0.15) is 0 Å². The summed E-state index contributed by atoms with van der Waals surface area (Å²) in [6, 6.07) is 15.5. The molecule has 2 heterocycles. The summed E-state index contributed by atoms with van der Waals surface area (Å²) in [5.74, 6) is -0.365. The molecule has 0 fully saturated rings. The van der Waals surface area contributed by atoms with Crippen LogP contribution < -0.4 is 0 Å². The summed E-state index contributed by atoms with van der Waals surface area (Å²) in [5, 5.41) is 1.08. The van der Waals surface area contributed by atoms with Crippen molar-refractivity contribution in [2.24, 2.45) is 0 Å². The molecule has 1 aromatic heterocycles. The molecule has 1 aliphatic heterocycles. The molecule has 0 radical (unpaired) electrons. The highest BCUT2D eigenvalue weighted by atomic mass is 16.5. The Morgan fingerprint density at radius 3 is 2.72 bits per heavy atom. The monoisotopic (exact) mass is 334 g/mol. The van der Waals surface area contributed by atoms with E-state index in [4.69, 9.17) is 4.74 Å². The summed E-state index contributed by atoms with van der Waals surface area (Å²) in [6.07, 6.45) is 2.13. The number of carbonyl (C=O) groups is 2. The Morgan fingerprint density at radius 1 is 1.12 bits per heavy atom. The lowest BCUT2D eigenvalue weighted by Gasteiger charge is -2.25. The molecule has 1 amide bonds. The minimum atomic E-state index is -0.318. The molecule has 4 rings (SSSR count). The van der Waals surface area contributed by atoms with E-state index in [-0.39, 0.29) is 24.3 Å². The van der Waals surface area contributed by atoms with E-state index < -0.39 is 0 Å². The third kappa shape index (κ3) is 2.48. The number of amides is 1. The van der Waals surface area contributed by atoms with Crippen molar-refractivity contribution in [1.29, 1.82) is 0 Å². The summed E-state index contributed by atoms with van der Waals surface area (Å²) in [7, 11) is 1.36. The van der Waals surface area contributed by atoms with Crippen LogP contribution in [-0.2, 0) is 9.53 Å². The van der Waals surface area contributed by atoms with Crippen molar-refractivity contribution < 1.29 is 14.3 Å². The van der Waals surface area contributed by atoms with Gasteiger partial charge in [0.15, 0.2) is 0 Å². The average Bonchev–Trinajstić information content (AvgIpc) is 3.19. The van der Waals surface area contributed by atoms with Gasteiger partial charge >= 0.3 is 5.97 Å². The smallest absolute Gasteiger partial charge is 0.307 e. The molecular formula is C20H18N2O3. The number of carbonyl (C=O) groups excluding carboxylic acids is 2. The second-order valence-electron chi connectivity index (χ2n) is 6.10. The number of methoxy groups -OCH3 is 1. The van der Waals surface area contributed by atoms with Crippen molar-refractivity contribution >= 4 is 22.8 Å². The second-order valence-corrected chi connectivity index (χ2v) is 6.10. The zero-order valence-electron chi connectivity index (χ0n) is 13.9. The maximum Gasteiger partial charge on any atom is 0.307 e. The van der Waals surface area contributed by atoms with Crippen molar-refractivity contribution in [2.75, 3.05) is 13.7 Å². The number of H-pyrrole nitrogens is 1. The van der Waals surface area contributed by atoms with Crippen LogP contribution in [0.15, 0.2) is 54.7 Å². The number of aromatic nitrogens is 1. The number of ether oxygens (including phenoxy) is 1. The Hall–Kier alpha value is -3.08. The predicted molar refractivity (Wildman–Crippen MR) is 94.3 cm³/mol. The van der Waals surface area contributed by atoms with Gasteiger partial charge < -0.3 is 14.6 Å². The molecule has 1 aliphatic rings. The van der Waals surface area contributed by atoms with Crippen LogP contribution in [-0.4, -0.2) is 35.4 Å². The van der Waals surface area contributed by atoms with Crippen LogP contribution in [0.1, 0.15) is 33.9 Å². The molecule has 5 nitrogen and oxygen atoms in total. The van der Waals surface area contributed by atoms with Crippen molar-refractivity contribution in [3.05, 3.63) is 71.4 Å². The van der Waals surface area contributed by atoms with Crippen LogP contribution in [0.25, 0.3) is 10.9 Å². The number of hydrogen-bond acceptors (Lipinski definition) is 3. The maximum absolute atomic E-state index is 12.9. The molecule has 126 valence electrons. The van der Waals surface area contributed by atoms with Gasteiger partial charge in [0.2, 0.25) is 0 Å². The van der Waals surface area contributed by atoms with E-state index >= 15 is 0 Å². The summed E-state index contributed by atoms with van der Waals surface area (Å²) in [6.45, 7) is 0.324. The van der Waals surface area contributed by atoms with Gasteiger partial charge in [0.1, 0.15) is 0 Å². The number of para-hydroxylation sites is 1. The highest BCUT2D eigenvalue weighted by Crippen LogP contribution is 2.41. The zero-order chi connectivity index (χ0) is 17.4. The van der Waals surface area contributed by atoms with E-state index in [2.05, 4.69) is 4.98 Å². The van der Waals surface area contributed by atoms with Gasteiger partial charge in [-0.25, -0.2) is 0 Å². The minimum absolute atomic E-state index is 0.0465. The van der Waals surface area contributed by atoms with Crippen LogP contribution in [0.2, 0.25) is 0 Å². The Balaban J connectivity index is 1.81. The summed E-state index contributed by atoms with van der Waals surface area (Å²) in [4.78, 5) is 29.5. The standard InChI is InChI=1S/C20H18N2O3/c1-25-18(23)10-11-22-19(14-7-2-3-8-15(14)20(22)24)16-12-21-17-9-5-4-6-13(16)17/h2-9,12,19,21H,10-11H2,1H3/t19-/m0/s1. The fraction of sp³-hybridized carbons (Fsp3) is 0.200. The lowest BCUT2D eigenvalue weighted by Crippen LogP contribution is -2.31. The van der Waals surface area contributed by atoms with Crippen LogP contribution in [0, 0.1) is 0 Å². The number of fused-ring (bicyclic) bond motifs is 2. The van der Waals surface area contributed by atoms with E-state index in [1.54, 1.807) is 4.90 Å². The van der Waals surface area contributed by atoms with Crippen LogP contribution >= 0.6 is 0 Å². The first-order chi connectivity index (χ1) is 12.2. The SMILES string of the molecule is COC(=O)CCN1C(=O)c2ccccc2[C@H]1c1c[nH]c2ccccc12. The topological polar surface area (TPSA) is 62.4 Å². The molecular weight excluding hydrogens is 316 g/mol. The van der Waals surface area contributed by atoms with Gasteiger partial charge in [-0.1, -0.05) is 36.4 Å². The van der Waals surface area contributed by atoms with Gasteiger partial charge in [-0.05, 0) is 17.7 Å². The van der Waals surface area contributed by atoms with E-state index in [9.17, 15) is 9.59 Å². The maximum atomic E-state index is 12.9. The van der Waals surface area contributed by atoms with Gasteiger partial charge in [-0.3, -0.25) is 9.59 Å². The predicted octanol–water partition coefficient (Wildman–Crippen LogP) is 3.28. The number of esters is 1. The summed E-state index contributed by atoms with van der Waals surface area (Å²) >= 11 is 0. The molecule has 0 unspecified atom stereocenters. The van der Waals surface area contributed by atoms with E-state index in [1.165, 1.54) is 7.11 Å². The summed E-state index contributed by atoms with van der Waals surface area (Å²) < 4.78 is 4.74. The number of nitrogens with zero attached hydrogens (tertiary/aromatic N) is 1. The Bertz CT molecular complexity index is 960. The molecule has 5 heteroatoms. The van der Waals surface area contributed by atoms with E-state index in [0.717, 1.165) is 22.0 Å². The number of hydrogen-bond donors (Lipinski definition) is 1. The number of rotatable bonds is 4. The molecule has 3 aromatic rings. The van der Waals surface area contributed by atoms with Crippen molar-refractivity contribution in [1.82, 2.24) is 9.88 Å². The Kier molecular flexibility index (Phi) is 3.76.